The number of nitrogens with one attached hydrogen (secondary N) is 1. The van der Waals surface area contributed by atoms with E-state index < -0.39 is 0 Å². The first-order chi connectivity index (χ1) is 9.93. The summed E-state index contributed by atoms with van der Waals surface area (Å²) in [6.45, 7) is 12.4. The summed E-state index contributed by atoms with van der Waals surface area (Å²) < 4.78 is 1.23. The molecule has 0 spiro atoms. The van der Waals surface area contributed by atoms with E-state index in [2.05, 4.69) is 72.0 Å². The third-order valence-corrected chi connectivity index (χ3v) is 5.53. The molecule has 1 saturated heterocycles. The lowest BCUT2D eigenvalue weighted by atomic mass is 9.78. The summed E-state index contributed by atoms with van der Waals surface area (Å²) in [5, 5.41) is 3.47. The highest BCUT2D eigenvalue weighted by Crippen LogP contribution is 2.37. The molecule has 1 aromatic rings. The molecule has 3 heteroatoms. The van der Waals surface area contributed by atoms with Gasteiger partial charge in [-0.25, -0.2) is 0 Å². The van der Waals surface area contributed by atoms with Crippen molar-refractivity contribution >= 4 is 21.6 Å². The van der Waals surface area contributed by atoms with Gasteiger partial charge in [-0.05, 0) is 51.9 Å². The van der Waals surface area contributed by atoms with Crippen LogP contribution in [0.1, 0.15) is 52.5 Å². The second-order valence-corrected chi connectivity index (χ2v) is 7.83. The minimum Gasteiger partial charge on any atom is -0.371 e. The van der Waals surface area contributed by atoms with Crippen LogP contribution in [0.15, 0.2) is 22.7 Å². The summed E-state index contributed by atoms with van der Waals surface area (Å²) in [4.78, 5) is 2.53. The van der Waals surface area contributed by atoms with Gasteiger partial charge in [-0.3, -0.25) is 0 Å². The monoisotopic (exact) mass is 352 g/mol. The molecule has 1 aromatic carbocycles. The van der Waals surface area contributed by atoms with Crippen molar-refractivity contribution < 1.29 is 0 Å². The van der Waals surface area contributed by atoms with E-state index in [0.29, 0.717) is 11.5 Å². The molecule has 2 rings (SSSR count). The van der Waals surface area contributed by atoms with Crippen molar-refractivity contribution in [2.24, 2.45) is 5.41 Å². The van der Waals surface area contributed by atoms with Crippen molar-refractivity contribution in [2.45, 2.75) is 59.5 Å². The summed E-state index contributed by atoms with van der Waals surface area (Å²) in [7, 11) is 0. The van der Waals surface area contributed by atoms with E-state index in [-0.39, 0.29) is 0 Å². The van der Waals surface area contributed by atoms with Gasteiger partial charge in [-0.15, -0.1) is 0 Å². The molecule has 2 nitrogen and oxygen atoms in total. The van der Waals surface area contributed by atoms with E-state index in [4.69, 9.17) is 0 Å². The lowest BCUT2D eigenvalue weighted by Crippen LogP contribution is -2.38. The fourth-order valence-electron chi connectivity index (χ4n) is 2.88. The molecule has 0 radical (unpaired) electrons. The highest BCUT2D eigenvalue weighted by atomic mass is 79.9. The zero-order valence-electron chi connectivity index (χ0n) is 13.9. The van der Waals surface area contributed by atoms with Crippen LogP contribution in [0.3, 0.4) is 0 Å². The van der Waals surface area contributed by atoms with Crippen LogP contribution >= 0.6 is 15.9 Å². The molecule has 1 fully saturated rings. The number of nitrogens with zero attached hydrogens (tertiary/aromatic N) is 1. The summed E-state index contributed by atoms with van der Waals surface area (Å²) in [5.74, 6) is 0. The van der Waals surface area contributed by atoms with Crippen molar-refractivity contribution in [1.29, 1.82) is 0 Å². The summed E-state index contributed by atoms with van der Waals surface area (Å²) in [6, 6.07) is 7.31. The topological polar surface area (TPSA) is 15.3 Å². The molecule has 21 heavy (non-hydrogen) atoms. The Morgan fingerprint density at radius 1 is 1.29 bits per heavy atom. The van der Waals surface area contributed by atoms with Crippen LogP contribution in [0.25, 0.3) is 0 Å². The predicted octanol–water partition coefficient (Wildman–Crippen LogP) is 4.96. The first-order valence-corrected chi connectivity index (χ1v) is 8.99. The number of rotatable bonds is 5. The standard InChI is InChI=1S/C18H29BrN2/c1-5-18(4)8-10-21(11-9-18)17-7-6-15(12-16(17)19)13-20-14(2)3/h6-7,12,14,20H,5,8-11,13H2,1-4H3. The quantitative estimate of drug-likeness (QED) is 0.805. The maximum atomic E-state index is 3.77. The fourth-order valence-corrected chi connectivity index (χ4v) is 3.56. The van der Waals surface area contributed by atoms with Crippen molar-refractivity contribution in [1.82, 2.24) is 5.32 Å². The summed E-state index contributed by atoms with van der Waals surface area (Å²) in [5.41, 5.74) is 3.24. The Labute approximate surface area is 138 Å². The molecule has 0 bridgehead atoms. The van der Waals surface area contributed by atoms with Gasteiger partial charge in [0.05, 0.1) is 5.69 Å². The van der Waals surface area contributed by atoms with Crippen molar-refractivity contribution in [2.75, 3.05) is 18.0 Å². The van der Waals surface area contributed by atoms with Gasteiger partial charge >= 0.3 is 0 Å². The van der Waals surface area contributed by atoms with Crippen LogP contribution < -0.4 is 10.2 Å². The molecule has 118 valence electrons. The Morgan fingerprint density at radius 3 is 2.48 bits per heavy atom. The van der Waals surface area contributed by atoms with Crippen LogP contribution in [0, 0.1) is 5.41 Å². The molecule has 1 heterocycles. The SMILES string of the molecule is CCC1(C)CCN(c2ccc(CNC(C)C)cc2Br)CC1. The zero-order chi connectivity index (χ0) is 15.5. The molecule has 0 aliphatic carbocycles. The molecule has 0 aromatic heterocycles. The van der Waals surface area contributed by atoms with Gasteiger partial charge in [-0.2, -0.15) is 0 Å². The van der Waals surface area contributed by atoms with E-state index in [1.54, 1.807) is 0 Å². The van der Waals surface area contributed by atoms with Crippen LogP contribution in [0.5, 0.6) is 0 Å². The number of hydrogen-bond donors (Lipinski definition) is 1. The molecule has 1 N–H and O–H groups in total. The lowest BCUT2D eigenvalue weighted by molar-refractivity contribution is 0.238. The van der Waals surface area contributed by atoms with Gasteiger partial charge in [-0.1, -0.05) is 40.2 Å². The molecular formula is C18H29BrN2. The van der Waals surface area contributed by atoms with E-state index in [1.165, 1.54) is 48.1 Å². The van der Waals surface area contributed by atoms with Crippen molar-refractivity contribution in [3.63, 3.8) is 0 Å². The molecular weight excluding hydrogens is 324 g/mol. The Hall–Kier alpha value is -0.540. The molecule has 0 atom stereocenters. The maximum Gasteiger partial charge on any atom is 0.0510 e. The van der Waals surface area contributed by atoms with E-state index in [9.17, 15) is 0 Å². The van der Waals surface area contributed by atoms with E-state index >= 15 is 0 Å². The molecule has 1 aliphatic rings. The van der Waals surface area contributed by atoms with E-state index in [1.807, 2.05) is 0 Å². The Bertz CT molecular complexity index is 462. The van der Waals surface area contributed by atoms with Crippen molar-refractivity contribution in [3.8, 4) is 0 Å². The van der Waals surface area contributed by atoms with Crippen molar-refractivity contribution in [3.05, 3.63) is 28.2 Å². The molecule has 0 amide bonds. The molecule has 0 saturated carbocycles. The van der Waals surface area contributed by atoms with Crippen LogP contribution in [0.2, 0.25) is 0 Å². The minimum atomic E-state index is 0.525. The van der Waals surface area contributed by atoms with Gasteiger partial charge in [0.15, 0.2) is 0 Å². The molecule has 1 aliphatic heterocycles. The third-order valence-electron chi connectivity index (χ3n) is 4.89. The Balaban J connectivity index is 2.01. The maximum absolute atomic E-state index is 3.77. The average Bonchev–Trinajstić information content (AvgIpc) is 2.46. The second-order valence-electron chi connectivity index (χ2n) is 6.97. The first-order valence-electron chi connectivity index (χ1n) is 8.20. The second kappa shape index (κ2) is 7.15. The Kier molecular flexibility index (Phi) is 5.73. The number of hydrogen-bond acceptors (Lipinski definition) is 2. The number of benzene rings is 1. The van der Waals surface area contributed by atoms with Crippen LogP contribution in [-0.4, -0.2) is 19.1 Å². The Morgan fingerprint density at radius 2 is 1.95 bits per heavy atom. The van der Waals surface area contributed by atoms with Gasteiger partial charge in [0.2, 0.25) is 0 Å². The lowest BCUT2D eigenvalue weighted by Gasteiger charge is -2.40. The van der Waals surface area contributed by atoms with Gasteiger partial charge < -0.3 is 10.2 Å². The third kappa shape index (κ3) is 4.46. The largest absolute Gasteiger partial charge is 0.371 e. The normalized spacial score (nSPS) is 18.3. The first kappa shape index (κ1) is 16.8. The minimum absolute atomic E-state index is 0.525. The van der Waals surface area contributed by atoms with E-state index in [0.717, 1.165) is 6.54 Å². The van der Waals surface area contributed by atoms with Gasteiger partial charge in [0.1, 0.15) is 0 Å². The zero-order valence-corrected chi connectivity index (χ0v) is 15.5. The number of anilines is 1. The van der Waals surface area contributed by atoms with Crippen LogP contribution in [-0.2, 0) is 6.54 Å². The predicted molar refractivity (Wildman–Crippen MR) is 96.0 cm³/mol. The number of halogens is 1. The smallest absolute Gasteiger partial charge is 0.0510 e. The van der Waals surface area contributed by atoms with Gasteiger partial charge in [0, 0.05) is 30.1 Å². The fraction of sp³-hybridized carbons (Fsp3) is 0.667. The molecule has 0 unspecified atom stereocenters. The highest BCUT2D eigenvalue weighted by Gasteiger charge is 2.28. The summed E-state index contributed by atoms with van der Waals surface area (Å²) in [6.07, 6.45) is 3.89. The van der Waals surface area contributed by atoms with Gasteiger partial charge in [0.25, 0.3) is 0 Å². The van der Waals surface area contributed by atoms with Crippen LogP contribution in [0.4, 0.5) is 5.69 Å². The summed E-state index contributed by atoms with van der Waals surface area (Å²) >= 11 is 3.77. The highest BCUT2D eigenvalue weighted by molar-refractivity contribution is 9.10. The number of piperidine rings is 1. The average molecular weight is 353 g/mol.